The van der Waals surface area contributed by atoms with Crippen molar-refractivity contribution < 1.29 is 18.6 Å². The summed E-state index contributed by atoms with van der Waals surface area (Å²) >= 11 is 0. The highest BCUT2D eigenvalue weighted by molar-refractivity contribution is 7.92. The summed E-state index contributed by atoms with van der Waals surface area (Å²) in [5, 5.41) is 18.9. The van der Waals surface area contributed by atoms with Gasteiger partial charge in [-0.15, -0.1) is 0 Å². The van der Waals surface area contributed by atoms with Crippen LogP contribution in [0.2, 0.25) is 0 Å². The van der Waals surface area contributed by atoms with E-state index < -0.39 is 10.0 Å². The Hall–Kier alpha value is -2.99. The van der Waals surface area contributed by atoms with E-state index in [0.717, 1.165) is 11.1 Å². The number of hydrogen-bond donors (Lipinski definition) is 3. The molecule has 0 aliphatic heterocycles. The summed E-state index contributed by atoms with van der Waals surface area (Å²) in [6.07, 6.45) is 0. The molecule has 3 N–H and O–H groups in total. The first-order valence-corrected chi connectivity index (χ1v) is 8.64. The van der Waals surface area contributed by atoms with Crippen LogP contribution in [0.5, 0.6) is 11.5 Å². The van der Waals surface area contributed by atoms with Gasteiger partial charge in [0.25, 0.3) is 10.0 Å². The zero-order valence-electron chi connectivity index (χ0n) is 12.5. The zero-order chi connectivity index (χ0) is 17.2. The maximum atomic E-state index is 12.3. The highest BCUT2D eigenvalue weighted by Gasteiger charge is 2.14. The van der Waals surface area contributed by atoms with Gasteiger partial charge in [-0.1, -0.05) is 30.3 Å². The van der Waals surface area contributed by atoms with E-state index in [0.29, 0.717) is 5.69 Å². The number of hydrogen-bond acceptors (Lipinski definition) is 4. The second kappa shape index (κ2) is 6.25. The molecule has 0 atom stereocenters. The molecule has 0 bridgehead atoms. The molecule has 0 aromatic heterocycles. The lowest BCUT2D eigenvalue weighted by Gasteiger charge is -2.09. The third kappa shape index (κ3) is 3.49. The Morgan fingerprint density at radius 1 is 0.708 bits per heavy atom. The molecule has 5 nitrogen and oxygen atoms in total. The number of nitrogens with one attached hydrogen (secondary N) is 1. The molecule has 0 amide bonds. The van der Waals surface area contributed by atoms with Crippen molar-refractivity contribution in [3.63, 3.8) is 0 Å². The molecule has 0 fully saturated rings. The molecule has 0 saturated heterocycles. The van der Waals surface area contributed by atoms with Gasteiger partial charge in [0, 0.05) is 11.8 Å². The third-order valence-electron chi connectivity index (χ3n) is 3.44. The van der Waals surface area contributed by atoms with Crippen molar-refractivity contribution in [2.24, 2.45) is 0 Å². The Morgan fingerprint density at radius 3 is 1.96 bits per heavy atom. The lowest BCUT2D eigenvalue weighted by Crippen LogP contribution is -2.12. The maximum absolute atomic E-state index is 12.3. The van der Waals surface area contributed by atoms with Crippen LogP contribution in [-0.4, -0.2) is 18.6 Å². The van der Waals surface area contributed by atoms with Crippen LogP contribution in [0.1, 0.15) is 0 Å². The van der Waals surface area contributed by atoms with E-state index in [2.05, 4.69) is 4.72 Å². The first kappa shape index (κ1) is 15.9. The minimum absolute atomic E-state index is 0.0143. The minimum Gasteiger partial charge on any atom is -0.508 e. The van der Waals surface area contributed by atoms with Gasteiger partial charge in [0.15, 0.2) is 0 Å². The molecule has 3 rings (SSSR count). The molecule has 122 valence electrons. The fourth-order valence-corrected chi connectivity index (χ4v) is 3.38. The molecular weight excluding hydrogens is 326 g/mol. The van der Waals surface area contributed by atoms with Crippen molar-refractivity contribution in [3.8, 4) is 22.6 Å². The Labute approximate surface area is 139 Å². The summed E-state index contributed by atoms with van der Waals surface area (Å²) in [4.78, 5) is -0.0143. The number of aromatic hydroxyl groups is 2. The van der Waals surface area contributed by atoms with Gasteiger partial charge in [-0.2, -0.15) is 0 Å². The smallest absolute Gasteiger partial charge is 0.262 e. The molecule has 24 heavy (non-hydrogen) atoms. The molecule has 0 heterocycles. The van der Waals surface area contributed by atoms with Crippen LogP contribution in [0.3, 0.4) is 0 Å². The highest BCUT2D eigenvalue weighted by Crippen LogP contribution is 2.25. The SMILES string of the molecule is O=S(=O)(Nc1ccc(-c2cccc(O)c2)cc1)c1cccc(O)c1. The standard InChI is InChI=1S/C18H15NO4S/c20-16-4-1-3-14(11-16)13-7-9-15(10-8-13)19-24(22,23)18-6-2-5-17(21)12-18/h1-12,19-21H. The summed E-state index contributed by atoms with van der Waals surface area (Å²) in [5.41, 5.74) is 2.09. The van der Waals surface area contributed by atoms with Crippen molar-refractivity contribution >= 4 is 15.7 Å². The van der Waals surface area contributed by atoms with Crippen LogP contribution in [0.4, 0.5) is 5.69 Å². The number of rotatable bonds is 4. The summed E-state index contributed by atoms with van der Waals surface area (Å²) in [5.74, 6) is 0.0540. The van der Waals surface area contributed by atoms with Gasteiger partial charge in [-0.25, -0.2) is 8.42 Å². The predicted octanol–water partition coefficient (Wildman–Crippen LogP) is 3.57. The minimum atomic E-state index is -3.77. The van der Waals surface area contributed by atoms with Crippen LogP contribution in [-0.2, 0) is 10.0 Å². The van der Waals surface area contributed by atoms with Gasteiger partial charge in [0.05, 0.1) is 4.90 Å². The van der Waals surface area contributed by atoms with E-state index in [1.807, 2.05) is 6.07 Å². The molecule has 0 aliphatic carbocycles. The van der Waals surface area contributed by atoms with Crippen LogP contribution < -0.4 is 4.72 Å². The van der Waals surface area contributed by atoms with Crippen molar-refractivity contribution in [2.75, 3.05) is 4.72 Å². The number of phenolic OH excluding ortho intramolecular Hbond substituents is 2. The summed E-state index contributed by atoms with van der Waals surface area (Å²) < 4.78 is 27.1. The Balaban J connectivity index is 1.84. The second-order valence-electron chi connectivity index (χ2n) is 5.23. The summed E-state index contributed by atoms with van der Waals surface area (Å²) in [6, 6.07) is 19.1. The van der Waals surface area contributed by atoms with Gasteiger partial charge in [0.1, 0.15) is 11.5 Å². The average Bonchev–Trinajstić information content (AvgIpc) is 2.55. The number of sulfonamides is 1. The van der Waals surface area contributed by atoms with E-state index in [4.69, 9.17) is 0 Å². The van der Waals surface area contributed by atoms with Crippen molar-refractivity contribution in [2.45, 2.75) is 4.90 Å². The number of anilines is 1. The van der Waals surface area contributed by atoms with Gasteiger partial charge >= 0.3 is 0 Å². The molecule has 6 heteroatoms. The molecule has 0 radical (unpaired) electrons. The molecule has 0 aliphatic rings. The molecule has 0 saturated carbocycles. The molecule has 0 unspecified atom stereocenters. The molecular formula is C18H15NO4S. The normalized spacial score (nSPS) is 11.2. The van der Waals surface area contributed by atoms with Gasteiger partial charge in [-0.05, 0) is 47.5 Å². The van der Waals surface area contributed by atoms with E-state index >= 15 is 0 Å². The van der Waals surface area contributed by atoms with Crippen LogP contribution >= 0.6 is 0 Å². The Bertz CT molecular complexity index is 966. The first-order chi connectivity index (χ1) is 11.4. The maximum Gasteiger partial charge on any atom is 0.262 e. The van der Waals surface area contributed by atoms with Gasteiger partial charge in [0.2, 0.25) is 0 Å². The third-order valence-corrected chi connectivity index (χ3v) is 4.82. The van der Waals surface area contributed by atoms with Crippen molar-refractivity contribution in [3.05, 3.63) is 72.8 Å². The zero-order valence-corrected chi connectivity index (χ0v) is 13.4. The van der Waals surface area contributed by atoms with Crippen LogP contribution in [0.15, 0.2) is 77.7 Å². The topological polar surface area (TPSA) is 86.6 Å². The predicted molar refractivity (Wildman–Crippen MR) is 92.5 cm³/mol. The number of benzene rings is 3. The van der Waals surface area contributed by atoms with Gasteiger partial charge in [-0.3, -0.25) is 4.72 Å². The van der Waals surface area contributed by atoms with Crippen LogP contribution in [0, 0.1) is 0 Å². The summed E-state index contributed by atoms with van der Waals surface area (Å²) in [7, 11) is -3.77. The second-order valence-corrected chi connectivity index (χ2v) is 6.91. The van der Waals surface area contributed by atoms with E-state index in [1.54, 1.807) is 42.5 Å². The lowest BCUT2D eigenvalue weighted by molar-refractivity contribution is 0.473. The molecule has 0 spiro atoms. The quantitative estimate of drug-likeness (QED) is 0.677. The fourth-order valence-electron chi connectivity index (χ4n) is 2.28. The fraction of sp³-hybridized carbons (Fsp3) is 0. The summed E-state index contributed by atoms with van der Waals surface area (Å²) in [6.45, 7) is 0. The largest absolute Gasteiger partial charge is 0.508 e. The number of phenols is 2. The van der Waals surface area contributed by atoms with Crippen molar-refractivity contribution in [1.82, 2.24) is 0 Å². The van der Waals surface area contributed by atoms with E-state index in [-0.39, 0.29) is 16.4 Å². The Kier molecular flexibility index (Phi) is 4.14. The average molecular weight is 341 g/mol. The van der Waals surface area contributed by atoms with Crippen molar-refractivity contribution in [1.29, 1.82) is 0 Å². The van der Waals surface area contributed by atoms with E-state index in [1.165, 1.54) is 24.3 Å². The Morgan fingerprint density at radius 2 is 1.33 bits per heavy atom. The lowest BCUT2D eigenvalue weighted by atomic mass is 10.1. The van der Waals surface area contributed by atoms with Gasteiger partial charge < -0.3 is 10.2 Å². The van der Waals surface area contributed by atoms with Crippen LogP contribution in [0.25, 0.3) is 11.1 Å². The highest BCUT2D eigenvalue weighted by atomic mass is 32.2. The van der Waals surface area contributed by atoms with E-state index in [9.17, 15) is 18.6 Å². The molecule has 3 aromatic carbocycles. The molecule has 3 aromatic rings. The monoisotopic (exact) mass is 341 g/mol. The first-order valence-electron chi connectivity index (χ1n) is 7.15.